The van der Waals surface area contributed by atoms with Gasteiger partial charge < -0.3 is 14.6 Å². The lowest BCUT2D eigenvalue weighted by atomic mass is 10.0. The van der Waals surface area contributed by atoms with E-state index < -0.39 is 0 Å². The highest BCUT2D eigenvalue weighted by atomic mass is 16.3. The van der Waals surface area contributed by atoms with Gasteiger partial charge in [0.25, 0.3) is 5.91 Å². The molecule has 126 valence electrons. The molecule has 0 radical (unpaired) electrons. The van der Waals surface area contributed by atoms with Crippen LogP contribution in [0.25, 0.3) is 0 Å². The second-order valence-electron chi connectivity index (χ2n) is 6.93. The summed E-state index contributed by atoms with van der Waals surface area (Å²) < 4.78 is 5.21. The second kappa shape index (κ2) is 7.20. The van der Waals surface area contributed by atoms with Gasteiger partial charge in [0.2, 0.25) is 5.91 Å². The topological polar surface area (TPSA) is 62.6 Å². The number of likely N-dealkylation sites (tertiary alicyclic amines) is 1. The number of nitrogens with one attached hydrogen (secondary N) is 1. The molecule has 0 bridgehead atoms. The summed E-state index contributed by atoms with van der Waals surface area (Å²) in [4.78, 5) is 26.3. The van der Waals surface area contributed by atoms with E-state index >= 15 is 0 Å². The highest BCUT2D eigenvalue weighted by Crippen LogP contribution is 2.27. The van der Waals surface area contributed by atoms with Crippen molar-refractivity contribution in [2.75, 3.05) is 13.1 Å². The molecule has 2 amide bonds. The van der Waals surface area contributed by atoms with Gasteiger partial charge in [-0.25, -0.2) is 0 Å². The zero-order chi connectivity index (χ0) is 16.2. The third-order valence-electron chi connectivity index (χ3n) is 5.07. The first-order valence-corrected chi connectivity index (χ1v) is 8.75. The van der Waals surface area contributed by atoms with Crippen molar-refractivity contribution in [2.24, 2.45) is 5.92 Å². The third-order valence-corrected chi connectivity index (χ3v) is 5.07. The normalized spacial score (nSPS) is 20.0. The van der Waals surface area contributed by atoms with Gasteiger partial charge in [-0.1, -0.05) is 12.8 Å². The van der Waals surface area contributed by atoms with Crippen LogP contribution in [0.5, 0.6) is 0 Å². The van der Waals surface area contributed by atoms with Gasteiger partial charge in [-0.15, -0.1) is 0 Å². The summed E-state index contributed by atoms with van der Waals surface area (Å²) in [6.45, 7) is 3.22. The molecule has 0 atom stereocenters. The minimum Gasteiger partial charge on any atom is -0.469 e. The van der Waals surface area contributed by atoms with Crippen LogP contribution in [0.2, 0.25) is 0 Å². The van der Waals surface area contributed by atoms with Crippen molar-refractivity contribution in [3.63, 3.8) is 0 Å². The molecule has 23 heavy (non-hydrogen) atoms. The number of hydrogen-bond acceptors (Lipinski definition) is 3. The van der Waals surface area contributed by atoms with Crippen LogP contribution in [-0.2, 0) is 4.79 Å². The fourth-order valence-electron chi connectivity index (χ4n) is 3.73. The van der Waals surface area contributed by atoms with E-state index in [4.69, 9.17) is 4.42 Å². The Balaban J connectivity index is 1.43. The summed E-state index contributed by atoms with van der Waals surface area (Å²) in [5.41, 5.74) is 0.617. The molecule has 0 aromatic carbocycles. The van der Waals surface area contributed by atoms with Crippen molar-refractivity contribution in [3.05, 3.63) is 23.7 Å². The molecule has 0 spiro atoms. The van der Waals surface area contributed by atoms with Crippen molar-refractivity contribution >= 4 is 11.8 Å². The van der Waals surface area contributed by atoms with Gasteiger partial charge >= 0.3 is 0 Å². The molecular weight excluding hydrogens is 292 g/mol. The van der Waals surface area contributed by atoms with Crippen molar-refractivity contribution in [2.45, 2.75) is 57.9 Å². The van der Waals surface area contributed by atoms with Crippen LogP contribution >= 0.6 is 0 Å². The molecule has 2 aliphatic rings. The number of carbonyl (C=O) groups excluding carboxylic acids is 2. The van der Waals surface area contributed by atoms with Crippen LogP contribution in [0, 0.1) is 12.8 Å². The summed E-state index contributed by atoms with van der Waals surface area (Å²) in [6.07, 6.45) is 8.80. The van der Waals surface area contributed by atoms with Crippen LogP contribution < -0.4 is 5.32 Å². The lowest BCUT2D eigenvalue weighted by Crippen LogP contribution is -2.46. The highest BCUT2D eigenvalue weighted by Gasteiger charge is 2.26. The Morgan fingerprint density at radius 2 is 1.91 bits per heavy atom. The lowest BCUT2D eigenvalue weighted by Gasteiger charge is -2.32. The number of nitrogens with zero attached hydrogens (tertiary/aromatic N) is 1. The zero-order valence-electron chi connectivity index (χ0n) is 13.8. The maximum atomic E-state index is 12.4. The minimum atomic E-state index is 0.0255. The van der Waals surface area contributed by atoms with Gasteiger partial charge in [0.15, 0.2) is 0 Å². The van der Waals surface area contributed by atoms with Crippen LogP contribution in [-0.4, -0.2) is 35.8 Å². The van der Waals surface area contributed by atoms with Crippen molar-refractivity contribution in [1.82, 2.24) is 10.2 Å². The fourth-order valence-corrected chi connectivity index (χ4v) is 3.73. The lowest BCUT2D eigenvalue weighted by molar-refractivity contribution is -0.122. The maximum absolute atomic E-state index is 12.4. The highest BCUT2D eigenvalue weighted by molar-refractivity contribution is 5.94. The number of hydrogen-bond donors (Lipinski definition) is 1. The van der Waals surface area contributed by atoms with Gasteiger partial charge in [-0.3, -0.25) is 9.59 Å². The van der Waals surface area contributed by atoms with Crippen molar-refractivity contribution in [3.8, 4) is 0 Å². The van der Waals surface area contributed by atoms with Crippen LogP contribution in [0.4, 0.5) is 0 Å². The van der Waals surface area contributed by atoms with Crippen LogP contribution in [0.3, 0.4) is 0 Å². The van der Waals surface area contributed by atoms with E-state index in [1.165, 1.54) is 31.9 Å². The third kappa shape index (κ3) is 4.15. The van der Waals surface area contributed by atoms with E-state index in [1.807, 2.05) is 11.8 Å². The number of aryl methyl sites for hydroxylation is 1. The largest absolute Gasteiger partial charge is 0.469 e. The first kappa shape index (κ1) is 16.1. The smallest absolute Gasteiger partial charge is 0.257 e. The van der Waals surface area contributed by atoms with E-state index in [-0.39, 0.29) is 17.9 Å². The van der Waals surface area contributed by atoms with Gasteiger partial charge in [0.05, 0.1) is 5.56 Å². The van der Waals surface area contributed by atoms with Crippen molar-refractivity contribution in [1.29, 1.82) is 0 Å². The Bertz CT molecular complexity index is 552. The Labute approximate surface area is 137 Å². The molecule has 1 aliphatic carbocycles. The van der Waals surface area contributed by atoms with Crippen LogP contribution in [0.1, 0.15) is 61.1 Å². The Kier molecular flexibility index (Phi) is 5.03. The van der Waals surface area contributed by atoms with E-state index in [0.29, 0.717) is 31.0 Å². The Morgan fingerprint density at radius 3 is 2.52 bits per heavy atom. The van der Waals surface area contributed by atoms with Crippen LogP contribution in [0.15, 0.2) is 16.7 Å². The van der Waals surface area contributed by atoms with E-state index in [1.54, 1.807) is 6.07 Å². The standard InChI is InChI=1S/C18H26N2O3/c1-13-10-15(12-23-13)18(22)20-8-6-16(7-9-20)19-17(21)11-14-4-2-3-5-14/h10,12,14,16H,2-9,11H2,1H3,(H,19,21). The zero-order valence-corrected chi connectivity index (χ0v) is 13.8. The average Bonchev–Trinajstić information content (AvgIpc) is 3.19. The summed E-state index contributed by atoms with van der Waals surface area (Å²) in [5.74, 6) is 1.55. The summed E-state index contributed by atoms with van der Waals surface area (Å²) in [7, 11) is 0. The predicted molar refractivity (Wildman–Crippen MR) is 87.1 cm³/mol. The molecule has 5 nitrogen and oxygen atoms in total. The maximum Gasteiger partial charge on any atom is 0.257 e. The quantitative estimate of drug-likeness (QED) is 0.928. The molecular formula is C18H26N2O3. The number of carbonyl (C=O) groups is 2. The molecule has 1 saturated carbocycles. The molecule has 1 aliphatic heterocycles. The number of amides is 2. The SMILES string of the molecule is Cc1cc(C(=O)N2CCC(NC(=O)CC3CCCC3)CC2)co1. The van der Waals surface area contributed by atoms with E-state index in [9.17, 15) is 9.59 Å². The molecule has 3 rings (SSSR count). The molecule has 1 aromatic rings. The Morgan fingerprint density at radius 1 is 1.22 bits per heavy atom. The minimum absolute atomic E-state index is 0.0255. The number of rotatable bonds is 4. The first-order chi connectivity index (χ1) is 11.1. The van der Waals surface area contributed by atoms with Gasteiger partial charge in [-0.05, 0) is 44.6 Å². The second-order valence-corrected chi connectivity index (χ2v) is 6.93. The monoisotopic (exact) mass is 318 g/mol. The molecule has 2 fully saturated rings. The van der Waals surface area contributed by atoms with Gasteiger partial charge in [0.1, 0.15) is 12.0 Å². The molecule has 2 heterocycles. The van der Waals surface area contributed by atoms with E-state index in [0.717, 1.165) is 18.6 Å². The predicted octanol–water partition coefficient (Wildman–Crippen LogP) is 2.89. The van der Waals surface area contributed by atoms with Crippen molar-refractivity contribution < 1.29 is 14.0 Å². The summed E-state index contributed by atoms with van der Waals surface area (Å²) in [6, 6.07) is 1.98. The molecule has 1 saturated heterocycles. The molecule has 1 aromatic heterocycles. The average molecular weight is 318 g/mol. The van der Waals surface area contributed by atoms with Gasteiger partial charge in [0, 0.05) is 25.6 Å². The van der Waals surface area contributed by atoms with Gasteiger partial charge in [-0.2, -0.15) is 0 Å². The summed E-state index contributed by atoms with van der Waals surface area (Å²) in [5, 5.41) is 3.15. The first-order valence-electron chi connectivity index (χ1n) is 8.75. The summed E-state index contributed by atoms with van der Waals surface area (Å²) >= 11 is 0. The number of piperidine rings is 1. The Hall–Kier alpha value is -1.78. The number of furan rings is 1. The molecule has 0 unspecified atom stereocenters. The molecule has 5 heteroatoms. The fraction of sp³-hybridized carbons (Fsp3) is 0.667. The van der Waals surface area contributed by atoms with E-state index in [2.05, 4.69) is 5.32 Å². The molecule has 1 N–H and O–H groups in total.